The van der Waals surface area contributed by atoms with Crippen molar-refractivity contribution in [2.24, 2.45) is 5.92 Å². The molecule has 1 aliphatic rings. The van der Waals surface area contributed by atoms with E-state index in [1.54, 1.807) is 12.5 Å². The van der Waals surface area contributed by atoms with Crippen LogP contribution in [-0.2, 0) is 16.1 Å². The maximum Gasteiger partial charge on any atom is 0.303 e. The molecule has 1 fully saturated rings. The lowest BCUT2D eigenvalue weighted by Gasteiger charge is -2.31. The van der Waals surface area contributed by atoms with Crippen LogP contribution in [0.15, 0.2) is 18.7 Å². The van der Waals surface area contributed by atoms with E-state index in [1.807, 2.05) is 15.7 Å². The summed E-state index contributed by atoms with van der Waals surface area (Å²) in [6.07, 6.45) is 7.52. The van der Waals surface area contributed by atoms with Crippen LogP contribution in [0.2, 0.25) is 0 Å². The van der Waals surface area contributed by atoms with E-state index in [0.29, 0.717) is 26.1 Å². The van der Waals surface area contributed by atoms with E-state index >= 15 is 0 Å². The summed E-state index contributed by atoms with van der Waals surface area (Å²) in [6.45, 7) is 2.01. The molecule has 1 aromatic rings. The van der Waals surface area contributed by atoms with Crippen LogP contribution in [0.5, 0.6) is 0 Å². The predicted molar refractivity (Wildman–Crippen MR) is 68.4 cm³/mol. The fraction of sp³-hybridized carbons (Fsp3) is 0.615. The molecule has 0 spiro atoms. The minimum absolute atomic E-state index is 0.141. The van der Waals surface area contributed by atoms with Gasteiger partial charge in [-0.25, -0.2) is 4.98 Å². The second kappa shape index (κ2) is 6.36. The Morgan fingerprint density at radius 1 is 1.32 bits per heavy atom. The first kappa shape index (κ1) is 13.6. The average molecular weight is 265 g/mol. The summed E-state index contributed by atoms with van der Waals surface area (Å²) >= 11 is 0. The van der Waals surface area contributed by atoms with Gasteiger partial charge in [0.2, 0.25) is 5.91 Å². The van der Waals surface area contributed by atoms with Gasteiger partial charge in [-0.2, -0.15) is 0 Å². The zero-order valence-electron chi connectivity index (χ0n) is 10.9. The molecule has 6 nitrogen and oxygen atoms in total. The van der Waals surface area contributed by atoms with Crippen molar-refractivity contribution >= 4 is 11.9 Å². The number of nitrogens with zero attached hydrogens (tertiary/aromatic N) is 3. The molecule has 1 aromatic heterocycles. The summed E-state index contributed by atoms with van der Waals surface area (Å²) in [5.41, 5.74) is 0. The lowest BCUT2D eigenvalue weighted by molar-refractivity contribution is -0.138. The SMILES string of the molecule is O=C(O)CC1CCN(C(=O)CCn2ccnc2)CC1. The fourth-order valence-electron chi connectivity index (χ4n) is 2.44. The van der Waals surface area contributed by atoms with Gasteiger partial charge < -0.3 is 14.6 Å². The van der Waals surface area contributed by atoms with E-state index in [0.717, 1.165) is 12.8 Å². The largest absolute Gasteiger partial charge is 0.481 e. The highest BCUT2D eigenvalue weighted by Crippen LogP contribution is 2.20. The molecule has 0 unspecified atom stereocenters. The smallest absolute Gasteiger partial charge is 0.303 e. The molecule has 0 bridgehead atoms. The number of piperidine rings is 1. The molecule has 0 saturated carbocycles. The molecular formula is C13H19N3O3. The van der Waals surface area contributed by atoms with Gasteiger partial charge in [0.1, 0.15) is 0 Å². The number of hydrogen-bond acceptors (Lipinski definition) is 3. The standard InChI is InChI=1S/C13H19N3O3/c17-12(3-5-15-8-4-14-10-15)16-6-1-11(2-7-16)9-13(18)19/h4,8,10-11H,1-3,5-7,9H2,(H,18,19). The lowest BCUT2D eigenvalue weighted by atomic mass is 9.93. The van der Waals surface area contributed by atoms with Gasteiger partial charge in [-0.15, -0.1) is 0 Å². The number of imidazole rings is 1. The molecule has 1 aliphatic heterocycles. The van der Waals surface area contributed by atoms with Crippen molar-refractivity contribution < 1.29 is 14.7 Å². The number of carbonyl (C=O) groups excluding carboxylic acids is 1. The van der Waals surface area contributed by atoms with Crippen molar-refractivity contribution in [3.63, 3.8) is 0 Å². The molecule has 0 aromatic carbocycles. The maximum atomic E-state index is 12.0. The van der Waals surface area contributed by atoms with E-state index in [2.05, 4.69) is 4.98 Å². The van der Waals surface area contributed by atoms with Gasteiger partial charge in [0.25, 0.3) is 0 Å². The van der Waals surface area contributed by atoms with Crippen molar-refractivity contribution in [2.75, 3.05) is 13.1 Å². The number of amides is 1. The summed E-state index contributed by atoms with van der Waals surface area (Å²) in [5.74, 6) is -0.387. The first-order valence-corrected chi connectivity index (χ1v) is 6.60. The molecule has 1 amide bonds. The zero-order chi connectivity index (χ0) is 13.7. The van der Waals surface area contributed by atoms with Crippen LogP contribution >= 0.6 is 0 Å². The van der Waals surface area contributed by atoms with E-state index in [-0.39, 0.29) is 18.2 Å². The minimum Gasteiger partial charge on any atom is -0.481 e. The zero-order valence-corrected chi connectivity index (χ0v) is 10.9. The highest BCUT2D eigenvalue weighted by atomic mass is 16.4. The van der Waals surface area contributed by atoms with Crippen LogP contribution in [-0.4, -0.2) is 44.5 Å². The Hall–Kier alpha value is -1.85. The highest BCUT2D eigenvalue weighted by molar-refractivity contribution is 5.76. The van der Waals surface area contributed by atoms with Crippen molar-refractivity contribution in [3.8, 4) is 0 Å². The maximum absolute atomic E-state index is 12.0. The van der Waals surface area contributed by atoms with Gasteiger partial charge in [0.05, 0.1) is 6.33 Å². The number of hydrogen-bond donors (Lipinski definition) is 1. The Bertz CT molecular complexity index is 422. The number of aryl methyl sites for hydroxylation is 1. The molecule has 2 rings (SSSR count). The summed E-state index contributed by atoms with van der Waals surface area (Å²) in [4.78, 5) is 28.4. The monoisotopic (exact) mass is 265 g/mol. The third-order valence-corrected chi connectivity index (χ3v) is 3.57. The van der Waals surface area contributed by atoms with Crippen molar-refractivity contribution in [1.29, 1.82) is 0 Å². The molecule has 2 heterocycles. The van der Waals surface area contributed by atoms with Crippen LogP contribution in [0.25, 0.3) is 0 Å². The van der Waals surface area contributed by atoms with Crippen molar-refractivity contribution in [2.45, 2.75) is 32.2 Å². The molecule has 0 radical (unpaired) electrons. The van der Waals surface area contributed by atoms with Crippen molar-refractivity contribution in [1.82, 2.24) is 14.5 Å². The molecule has 0 aliphatic carbocycles. The minimum atomic E-state index is -0.745. The van der Waals surface area contributed by atoms with Gasteiger partial charge >= 0.3 is 5.97 Å². The molecule has 0 atom stereocenters. The summed E-state index contributed by atoms with van der Waals surface area (Å²) in [6, 6.07) is 0. The number of aromatic nitrogens is 2. The molecule has 1 saturated heterocycles. The van der Waals surface area contributed by atoms with Gasteiger partial charge in [-0.05, 0) is 18.8 Å². The third kappa shape index (κ3) is 4.08. The predicted octanol–water partition coefficient (Wildman–Crippen LogP) is 0.986. The Morgan fingerprint density at radius 3 is 2.63 bits per heavy atom. The van der Waals surface area contributed by atoms with E-state index in [9.17, 15) is 9.59 Å². The van der Waals surface area contributed by atoms with Gasteiger partial charge in [-0.1, -0.05) is 0 Å². The van der Waals surface area contributed by atoms with E-state index in [1.165, 1.54) is 0 Å². The third-order valence-electron chi connectivity index (χ3n) is 3.57. The van der Waals surface area contributed by atoms with Crippen molar-refractivity contribution in [3.05, 3.63) is 18.7 Å². The Morgan fingerprint density at radius 2 is 2.05 bits per heavy atom. The molecule has 1 N–H and O–H groups in total. The molecule has 19 heavy (non-hydrogen) atoms. The first-order chi connectivity index (χ1) is 9.15. The molecular weight excluding hydrogens is 246 g/mol. The molecule has 6 heteroatoms. The highest BCUT2D eigenvalue weighted by Gasteiger charge is 2.23. The first-order valence-electron chi connectivity index (χ1n) is 6.60. The Balaban J connectivity index is 1.71. The fourth-order valence-corrected chi connectivity index (χ4v) is 2.44. The number of carboxylic acid groups (broad SMARTS) is 1. The van der Waals surface area contributed by atoms with Crippen LogP contribution in [0.4, 0.5) is 0 Å². The number of carbonyl (C=O) groups is 2. The van der Waals surface area contributed by atoms with Crippen LogP contribution in [0.3, 0.4) is 0 Å². The average Bonchev–Trinajstić information content (AvgIpc) is 2.89. The molecule has 104 valence electrons. The number of carboxylic acids is 1. The van der Waals surface area contributed by atoms with Gasteiger partial charge in [0.15, 0.2) is 0 Å². The van der Waals surface area contributed by atoms with E-state index in [4.69, 9.17) is 5.11 Å². The Labute approximate surface area is 112 Å². The number of rotatable bonds is 5. The summed E-state index contributed by atoms with van der Waals surface area (Å²) < 4.78 is 1.88. The van der Waals surface area contributed by atoms with Crippen LogP contribution in [0, 0.1) is 5.92 Å². The quantitative estimate of drug-likeness (QED) is 0.861. The number of aliphatic carboxylic acids is 1. The van der Waals surface area contributed by atoms with Gasteiger partial charge in [0, 0.05) is 44.9 Å². The normalized spacial score (nSPS) is 16.5. The summed E-state index contributed by atoms with van der Waals surface area (Å²) in [5, 5.41) is 8.74. The Kier molecular flexibility index (Phi) is 4.54. The van der Waals surface area contributed by atoms with Crippen LogP contribution in [0.1, 0.15) is 25.7 Å². The second-order valence-electron chi connectivity index (χ2n) is 4.97. The van der Waals surface area contributed by atoms with Crippen LogP contribution < -0.4 is 0 Å². The topological polar surface area (TPSA) is 75.4 Å². The summed E-state index contributed by atoms with van der Waals surface area (Å²) in [7, 11) is 0. The number of likely N-dealkylation sites (tertiary alicyclic amines) is 1. The van der Waals surface area contributed by atoms with E-state index < -0.39 is 5.97 Å². The van der Waals surface area contributed by atoms with Gasteiger partial charge in [-0.3, -0.25) is 9.59 Å². The lowest BCUT2D eigenvalue weighted by Crippen LogP contribution is -2.39. The second-order valence-corrected chi connectivity index (χ2v) is 4.97.